The van der Waals surface area contributed by atoms with Crippen LogP contribution >= 0.6 is 39.1 Å². The molecule has 100 valence electrons. The number of ether oxygens (including phenoxy) is 1. The zero-order valence-electron chi connectivity index (χ0n) is 10.0. The normalized spacial score (nSPS) is 12.3. The standard InChI is InChI=1S/C14H11BrCl2O2/c1-8(18)9-4-2-3-5-13(9)19-14-7-11(16)10(15)6-12(14)17/h2-8,18H,1H3/t8-/m1/s1. The van der Waals surface area contributed by atoms with E-state index in [0.717, 1.165) is 0 Å². The van der Waals surface area contributed by atoms with Gasteiger partial charge in [0.15, 0.2) is 0 Å². The van der Waals surface area contributed by atoms with E-state index in [1.165, 1.54) is 0 Å². The van der Waals surface area contributed by atoms with Gasteiger partial charge in [-0.05, 0) is 35.0 Å². The molecule has 0 aliphatic rings. The Kier molecular flexibility index (Phi) is 4.74. The van der Waals surface area contributed by atoms with Gasteiger partial charge in [-0.2, -0.15) is 0 Å². The summed E-state index contributed by atoms with van der Waals surface area (Å²) in [7, 11) is 0. The zero-order valence-corrected chi connectivity index (χ0v) is 13.1. The van der Waals surface area contributed by atoms with Crippen LogP contribution in [0.3, 0.4) is 0 Å². The van der Waals surface area contributed by atoms with E-state index in [4.69, 9.17) is 27.9 Å². The smallest absolute Gasteiger partial charge is 0.147 e. The van der Waals surface area contributed by atoms with Gasteiger partial charge in [0.1, 0.15) is 11.5 Å². The highest BCUT2D eigenvalue weighted by Gasteiger charge is 2.12. The lowest BCUT2D eigenvalue weighted by Gasteiger charge is -2.14. The Balaban J connectivity index is 2.39. The molecule has 0 heterocycles. The molecule has 0 bridgehead atoms. The fourth-order valence-electron chi connectivity index (χ4n) is 1.62. The molecule has 2 rings (SSSR count). The minimum Gasteiger partial charge on any atom is -0.455 e. The number of hydrogen-bond acceptors (Lipinski definition) is 2. The first-order chi connectivity index (χ1) is 8.99. The van der Waals surface area contributed by atoms with Crippen molar-refractivity contribution in [3.63, 3.8) is 0 Å². The quantitative estimate of drug-likeness (QED) is 0.721. The Morgan fingerprint density at radius 2 is 1.79 bits per heavy atom. The first-order valence-corrected chi connectivity index (χ1v) is 7.13. The molecule has 0 unspecified atom stereocenters. The van der Waals surface area contributed by atoms with Gasteiger partial charge < -0.3 is 9.84 Å². The average molecular weight is 362 g/mol. The Labute approximate surface area is 130 Å². The van der Waals surface area contributed by atoms with E-state index in [1.54, 1.807) is 31.2 Å². The molecule has 0 spiro atoms. The van der Waals surface area contributed by atoms with Crippen molar-refractivity contribution in [1.29, 1.82) is 0 Å². The predicted molar refractivity (Wildman–Crippen MR) is 81.3 cm³/mol. The van der Waals surface area contributed by atoms with E-state index in [-0.39, 0.29) is 0 Å². The second kappa shape index (κ2) is 6.14. The summed E-state index contributed by atoms with van der Waals surface area (Å²) in [5.41, 5.74) is 0.692. The lowest BCUT2D eigenvalue weighted by molar-refractivity contribution is 0.195. The van der Waals surface area contributed by atoms with Gasteiger partial charge in [0.2, 0.25) is 0 Å². The van der Waals surface area contributed by atoms with E-state index >= 15 is 0 Å². The molecule has 0 radical (unpaired) electrons. The third-order valence-electron chi connectivity index (χ3n) is 2.56. The molecule has 1 N–H and O–H groups in total. The van der Waals surface area contributed by atoms with E-state index in [1.807, 2.05) is 12.1 Å². The van der Waals surface area contributed by atoms with E-state index in [0.29, 0.717) is 31.6 Å². The van der Waals surface area contributed by atoms with Crippen LogP contribution < -0.4 is 4.74 Å². The minimum atomic E-state index is -0.624. The molecule has 2 nitrogen and oxygen atoms in total. The van der Waals surface area contributed by atoms with E-state index in [9.17, 15) is 5.11 Å². The summed E-state index contributed by atoms with van der Waals surface area (Å²) < 4.78 is 6.44. The average Bonchev–Trinajstić information content (AvgIpc) is 2.36. The summed E-state index contributed by atoms with van der Waals surface area (Å²) in [6.45, 7) is 1.68. The maximum absolute atomic E-state index is 9.70. The van der Waals surface area contributed by atoms with E-state index in [2.05, 4.69) is 15.9 Å². The maximum Gasteiger partial charge on any atom is 0.147 e. The van der Waals surface area contributed by atoms with Gasteiger partial charge in [0.25, 0.3) is 0 Å². The number of aliphatic hydroxyl groups excluding tert-OH is 1. The van der Waals surface area contributed by atoms with Crippen LogP contribution in [0.25, 0.3) is 0 Å². The molecule has 2 aromatic carbocycles. The van der Waals surface area contributed by atoms with Crippen molar-refractivity contribution in [3.8, 4) is 11.5 Å². The number of hydrogen-bond donors (Lipinski definition) is 1. The molecular formula is C14H11BrCl2O2. The van der Waals surface area contributed by atoms with Crippen LogP contribution in [0.2, 0.25) is 10.0 Å². The van der Waals surface area contributed by atoms with Crippen molar-refractivity contribution in [1.82, 2.24) is 0 Å². The minimum absolute atomic E-state index is 0.441. The third kappa shape index (κ3) is 3.42. The monoisotopic (exact) mass is 360 g/mol. The van der Waals surface area contributed by atoms with Gasteiger partial charge >= 0.3 is 0 Å². The van der Waals surface area contributed by atoms with Crippen molar-refractivity contribution in [2.75, 3.05) is 0 Å². The number of halogens is 3. The second-order valence-corrected chi connectivity index (χ2v) is 5.68. The second-order valence-electron chi connectivity index (χ2n) is 4.01. The van der Waals surface area contributed by atoms with Crippen LogP contribution in [0.15, 0.2) is 40.9 Å². The lowest BCUT2D eigenvalue weighted by atomic mass is 10.1. The number of para-hydroxylation sites is 1. The molecule has 1 atom stereocenters. The van der Waals surface area contributed by atoms with Crippen molar-refractivity contribution < 1.29 is 9.84 Å². The molecule has 0 aliphatic heterocycles. The summed E-state index contributed by atoms with van der Waals surface area (Å²) in [6.07, 6.45) is -0.624. The highest BCUT2D eigenvalue weighted by molar-refractivity contribution is 9.10. The third-order valence-corrected chi connectivity index (χ3v) is 4.06. The number of benzene rings is 2. The van der Waals surface area contributed by atoms with Crippen molar-refractivity contribution in [3.05, 3.63) is 56.5 Å². The highest BCUT2D eigenvalue weighted by atomic mass is 79.9. The summed E-state index contributed by atoms with van der Waals surface area (Å²) in [5, 5.41) is 10.7. The first kappa shape index (κ1) is 14.7. The largest absolute Gasteiger partial charge is 0.455 e. The van der Waals surface area contributed by atoms with Gasteiger partial charge in [0, 0.05) is 16.1 Å². The van der Waals surface area contributed by atoms with Gasteiger partial charge in [0.05, 0.1) is 16.1 Å². The van der Waals surface area contributed by atoms with Gasteiger partial charge in [-0.15, -0.1) is 0 Å². The van der Waals surface area contributed by atoms with Gasteiger partial charge in [-0.25, -0.2) is 0 Å². The molecule has 19 heavy (non-hydrogen) atoms. The Hall–Kier alpha value is -0.740. The molecule has 2 aromatic rings. The van der Waals surface area contributed by atoms with Crippen LogP contribution in [-0.4, -0.2) is 5.11 Å². The highest BCUT2D eigenvalue weighted by Crippen LogP contribution is 2.38. The maximum atomic E-state index is 9.70. The fourth-order valence-corrected chi connectivity index (χ4v) is 2.45. The molecule has 0 aromatic heterocycles. The van der Waals surface area contributed by atoms with Crippen LogP contribution in [0, 0.1) is 0 Å². The Bertz CT molecular complexity index is 600. The van der Waals surface area contributed by atoms with Gasteiger partial charge in [-0.1, -0.05) is 41.4 Å². The predicted octanol–water partition coefficient (Wildman–Crippen LogP) is 5.60. The number of rotatable bonds is 3. The topological polar surface area (TPSA) is 29.5 Å². The fraction of sp³-hybridized carbons (Fsp3) is 0.143. The molecular weight excluding hydrogens is 351 g/mol. The van der Waals surface area contributed by atoms with Crippen LogP contribution in [-0.2, 0) is 0 Å². The zero-order chi connectivity index (χ0) is 14.0. The molecule has 0 saturated heterocycles. The van der Waals surface area contributed by atoms with E-state index < -0.39 is 6.10 Å². The van der Waals surface area contributed by atoms with Gasteiger partial charge in [-0.3, -0.25) is 0 Å². The SMILES string of the molecule is C[C@@H](O)c1ccccc1Oc1cc(Cl)c(Br)cc1Cl. The molecule has 0 fully saturated rings. The van der Waals surface area contributed by atoms with Crippen LogP contribution in [0.4, 0.5) is 0 Å². The molecule has 5 heteroatoms. The summed E-state index contributed by atoms with van der Waals surface area (Å²) in [5.74, 6) is 1.00. The summed E-state index contributed by atoms with van der Waals surface area (Å²) in [6, 6.07) is 10.5. The van der Waals surface area contributed by atoms with Crippen LogP contribution in [0.5, 0.6) is 11.5 Å². The number of aliphatic hydroxyl groups is 1. The van der Waals surface area contributed by atoms with Crippen molar-refractivity contribution >= 4 is 39.1 Å². The summed E-state index contributed by atoms with van der Waals surface area (Å²) >= 11 is 15.4. The molecule has 0 aliphatic carbocycles. The Morgan fingerprint density at radius 3 is 2.47 bits per heavy atom. The molecule has 0 saturated carbocycles. The van der Waals surface area contributed by atoms with Crippen molar-refractivity contribution in [2.24, 2.45) is 0 Å². The first-order valence-electron chi connectivity index (χ1n) is 5.58. The lowest BCUT2D eigenvalue weighted by Crippen LogP contribution is -1.96. The molecule has 0 amide bonds. The van der Waals surface area contributed by atoms with Crippen molar-refractivity contribution in [2.45, 2.75) is 13.0 Å². The summed E-state index contributed by atoms with van der Waals surface area (Å²) in [4.78, 5) is 0. The Morgan fingerprint density at radius 1 is 1.11 bits per heavy atom. The van der Waals surface area contributed by atoms with Crippen LogP contribution in [0.1, 0.15) is 18.6 Å².